The minimum Gasteiger partial charge on any atom is -0.493 e. The second-order valence-corrected chi connectivity index (χ2v) is 8.01. The van der Waals surface area contributed by atoms with Crippen LogP contribution in [0.1, 0.15) is 12.0 Å². The summed E-state index contributed by atoms with van der Waals surface area (Å²) >= 11 is 2.43. The van der Waals surface area contributed by atoms with Crippen molar-refractivity contribution in [3.63, 3.8) is 0 Å². The molecule has 0 saturated carbocycles. The standard InChI is InChI=1S/C23H22N4O4S2/c1-29-20-14-16(13-17(15-24)21(28)25-22-26-23(32-2)27-33-22)9-10-19(20)31-12-6-11-30-18-7-4-3-5-8-18/h3-5,7-10,13-14H,6,11-12H2,1-2H3,(H,25,26,27,28). The van der Waals surface area contributed by atoms with Crippen LogP contribution >= 0.6 is 23.3 Å². The highest BCUT2D eigenvalue weighted by molar-refractivity contribution is 7.98. The van der Waals surface area contributed by atoms with E-state index < -0.39 is 5.91 Å². The molecule has 0 spiro atoms. The Bertz CT molecular complexity index is 1140. The third-order valence-corrected chi connectivity index (χ3v) is 5.53. The van der Waals surface area contributed by atoms with Gasteiger partial charge >= 0.3 is 0 Å². The zero-order valence-corrected chi connectivity index (χ0v) is 19.7. The number of hydrogen-bond acceptors (Lipinski definition) is 9. The van der Waals surface area contributed by atoms with Crippen LogP contribution in [0.5, 0.6) is 17.2 Å². The van der Waals surface area contributed by atoms with Crippen LogP contribution in [0.25, 0.3) is 6.08 Å². The van der Waals surface area contributed by atoms with Crippen LogP contribution in [0.4, 0.5) is 5.13 Å². The Labute approximate surface area is 200 Å². The van der Waals surface area contributed by atoms with E-state index >= 15 is 0 Å². The van der Waals surface area contributed by atoms with E-state index in [1.807, 2.05) is 42.7 Å². The fourth-order valence-corrected chi connectivity index (χ4v) is 3.79. The Hall–Kier alpha value is -3.55. The molecular weight excluding hydrogens is 460 g/mol. The van der Waals surface area contributed by atoms with Crippen molar-refractivity contribution in [2.24, 2.45) is 0 Å². The SMILES string of the molecule is COc1cc(C=C(C#N)C(=O)Nc2nc(SC)ns2)ccc1OCCCOc1ccccc1. The molecule has 0 aliphatic heterocycles. The van der Waals surface area contributed by atoms with Crippen molar-refractivity contribution >= 4 is 40.4 Å². The maximum absolute atomic E-state index is 12.4. The summed E-state index contributed by atoms with van der Waals surface area (Å²) in [7, 11) is 1.53. The lowest BCUT2D eigenvalue weighted by atomic mass is 10.1. The molecule has 1 amide bonds. The van der Waals surface area contributed by atoms with Gasteiger partial charge in [0.05, 0.1) is 20.3 Å². The number of carbonyl (C=O) groups excluding carboxylic acids is 1. The normalized spacial score (nSPS) is 10.9. The lowest BCUT2D eigenvalue weighted by molar-refractivity contribution is -0.112. The Kier molecular flexibility index (Phi) is 9.11. The van der Waals surface area contributed by atoms with Crippen LogP contribution in [-0.4, -0.2) is 41.8 Å². The van der Waals surface area contributed by atoms with Crippen molar-refractivity contribution in [2.75, 3.05) is 31.9 Å². The van der Waals surface area contributed by atoms with E-state index in [0.29, 0.717) is 47.0 Å². The summed E-state index contributed by atoms with van der Waals surface area (Å²) in [5, 5.41) is 12.9. The molecule has 8 nitrogen and oxygen atoms in total. The zero-order valence-electron chi connectivity index (χ0n) is 18.1. The second-order valence-electron chi connectivity index (χ2n) is 6.48. The Balaban J connectivity index is 1.58. The molecule has 2 aromatic carbocycles. The van der Waals surface area contributed by atoms with E-state index in [-0.39, 0.29) is 5.57 Å². The second kappa shape index (κ2) is 12.5. The Morgan fingerprint density at radius 2 is 1.97 bits per heavy atom. The number of nitrogens with one attached hydrogen (secondary N) is 1. The lowest BCUT2D eigenvalue weighted by Gasteiger charge is -2.12. The number of hydrogen-bond donors (Lipinski definition) is 1. The molecular formula is C23H22N4O4S2. The highest BCUT2D eigenvalue weighted by atomic mass is 32.2. The Morgan fingerprint density at radius 1 is 1.18 bits per heavy atom. The van der Waals surface area contributed by atoms with E-state index in [0.717, 1.165) is 17.3 Å². The average Bonchev–Trinajstić information content (AvgIpc) is 3.30. The lowest BCUT2D eigenvalue weighted by Crippen LogP contribution is -2.13. The van der Waals surface area contributed by atoms with Crippen LogP contribution in [0, 0.1) is 11.3 Å². The molecule has 33 heavy (non-hydrogen) atoms. The van der Waals surface area contributed by atoms with Crippen LogP contribution in [0.2, 0.25) is 0 Å². The molecule has 3 rings (SSSR count). The van der Waals surface area contributed by atoms with Gasteiger partial charge in [0.1, 0.15) is 17.4 Å². The summed E-state index contributed by atoms with van der Waals surface area (Å²) in [5.74, 6) is 1.33. The van der Waals surface area contributed by atoms with Crippen LogP contribution < -0.4 is 19.5 Å². The minimum atomic E-state index is -0.556. The molecule has 0 radical (unpaired) electrons. The number of methoxy groups -OCH3 is 1. The highest BCUT2D eigenvalue weighted by Crippen LogP contribution is 2.29. The number of rotatable bonds is 11. The van der Waals surface area contributed by atoms with E-state index in [1.165, 1.54) is 24.9 Å². The average molecular weight is 483 g/mol. The first-order valence-electron chi connectivity index (χ1n) is 9.92. The van der Waals surface area contributed by atoms with Crippen molar-refractivity contribution < 1.29 is 19.0 Å². The molecule has 170 valence electrons. The third-order valence-electron chi connectivity index (χ3n) is 4.23. The largest absolute Gasteiger partial charge is 0.493 e. The molecule has 0 bridgehead atoms. The van der Waals surface area contributed by atoms with Gasteiger partial charge in [0.25, 0.3) is 5.91 Å². The van der Waals surface area contributed by atoms with Crippen molar-refractivity contribution in [1.82, 2.24) is 9.36 Å². The van der Waals surface area contributed by atoms with Gasteiger partial charge in [-0.05, 0) is 42.2 Å². The van der Waals surface area contributed by atoms with Gasteiger partial charge in [0.15, 0.2) is 11.5 Å². The fraction of sp³-hybridized carbons (Fsp3) is 0.217. The first-order chi connectivity index (χ1) is 16.1. The van der Waals surface area contributed by atoms with Crippen LogP contribution in [0.3, 0.4) is 0 Å². The van der Waals surface area contributed by atoms with Crippen molar-refractivity contribution in [3.05, 3.63) is 59.7 Å². The number of anilines is 1. The van der Waals surface area contributed by atoms with Gasteiger partial charge in [-0.2, -0.15) is 14.6 Å². The number of thioether (sulfide) groups is 1. The van der Waals surface area contributed by atoms with E-state index in [4.69, 9.17) is 14.2 Å². The minimum absolute atomic E-state index is 0.0651. The number of ether oxygens (including phenoxy) is 3. The van der Waals surface area contributed by atoms with Gasteiger partial charge in [-0.3, -0.25) is 10.1 Å². The fourth-order valence-electron chi connectivity index (χ4n) is 2.66. The first-order valence-corrected chi connectivity index (χ1v) is 11.9. The van der Waals surface area contributed by atoms with Gasteiger partial charge < -0.3 is 14.2 Å². The van der Waals surface area contributed by atoms with E-state index in [9.17, 15) is 10.1 Å². The number of aromatic nitrogens is 2. The molecule has 0 saturated heterocycles. The maximum Gasteiger partial charge on any atom is 0.268 e. The van der Waals surface area contributed by atoms with Crippen LogP contribution in [0.15, 0.2) is 59.3 Å². The number of amides is 1. The van der Waals surface area contributed by atoms with Crippen molar-refractivity contribution in [3.8, 4) is 23.3 Å². The summed E-state index contributed by atoms with van der Waals surface area (Å²) < 4.78 is 20.9. The molecule has 0 fully saturated rings. The smallest absolute Gasteiger partial charge is 0.268 e. The number of benzene rings is 2. The maximum atomic E-state index is 12.4. The van der Waals surface area contributed by atoms with E-state index in [2.05, 4.69) is 14.7 Å². The highest BCUT2D eigenvalue weighted by Gasteiger charge is 2.13. The summed E-state index contributed by atoms with van der Waals surface area (Å²) in [6.07, 6.45) is 4.02. The van der Waals surface area contributed by atoms with Gasteiger partial charge in [0, 0.05) is 18.0 Å². The molecule has 0 aliphatic carbocycles. The number of nitriles is 1. The van der Waals surface area contributed by atoms with E-state index in [1.54, 1.807) is 18.2 Å². The zero-order chi connectivity index (χ0) is 23.5. The summed E-state index contributed by atoms with van der Waals surface area (Å²) in [4.78, 5) is 16.6. The molecule has 1 N–H and O–H groups in total. The van der Waals surface area contributed by atoms with Crippen molar-refractivity contribution in [2.45, 2.75) is 11.6 Å². The summed E-state index contributed by atoms with van der Waals surface area (Å²) in [5.41, 5.74) is 0.560. The van der Waals surface area contributed by atoms with Crippen LogP contribution in [-0.2, 0) is 4.79 Å². The quantitative estimate of drug-likeness (QED) is 0.182. The monoisotopic (exact) mass is 482 g/mol. The first kappa shape index (κ1) is 24.1. The summed E-state index contributed by atoms with van der Waals surface area (Å²) in [6, 6.07) is 16.7. The number of nitrogens with zero attached hydrogens (tertiary/aromatic N) is 3. The molecule has 0 aliphatic rings. The predicted molar refractivity (Wildman–Crippen MR) is 129 cm³/mol. The topological polar surface area (TPSA) is 106 Å². The predicted octanol–water partition coefficient (Wildman–Crippen LogP) is 4.66. The van der Waals surface area contributed by atoms with Gasteiger partial charge in [-0.25, -0.2) is 0 Å². The van der Waals surface area contributed by atoms with Gasteiger partial charge in [0.2, 0.25) is 10.3 Å². The molecule has 0 atom stereocenters. The molecule has 3 aromatic rings. The third kappa shape index (κ3) is 7.24. The number of carbonyl (C=O) groups is 1. The Morgan fingerprint density at radius 3 is 2.67 bits per heavy atom. The van der Waals surface area contributed by atoms with Gasteiger partial charge in [-0.15, -0.1) is 0 Å². The molecule has 0 unspecified atom stereocenters. The molecule has 1 heterocycles. The number of para-hydroxylation sites is 1. The summed E-state index contributed by atoms with van der Waals surface area (Å²) in [6.45, 7) is 0.977. The molecule has 10 heteroatoms. The van der Waals surface area contributed by atoms with Gasteiger partial charge in [-0.1, -0.05) is 36.0 Å². The molecule has 1 aromatic heterocycles. The van der Waals surface area contributed by atoms with Crippen molar-refractivity contribution in [1.29, 1.82) is 5.26 Å².